The van der Waals surface area contributed by atoms with Crippen molar-refractivity contribution < 1.29 is 23.5 Å². The highest BCUT2D eigenvalue weighted by molar-refractivity contribution is 5.86. The highest BCUT2D eigenvalue weighted by atomic mass is 16.6. The Morgan fingerprint density at radius 2 is 1.80 bits per heavy atom. The number of hydrogen-bond donors (Lipinski definition) is 0. The van der Waals surface area contributed by atoms with Crippen LogP contribution < -0.4 is 4.74 Å². The molecule has 1 aromatic heterocycles. The van der Waals surface area contributed by atoms with Crippen molar-refractivity contribution in [1.29, 1.82) is 0 Å². The first-order chi connectivity index (χ1) is 9.58. The van der Waals surface area contributed by atoms with Crippen LogP contribution in [0.25, 0.3) is 0 Å². The molecule has 2 aromatic rings. The van der Waals surface area contributed by atoms with Gasteiger partial charge in [-0.05, 0) is 30.7 Å². The van der Waals surface area contributed by atoms with E-state index >= 15 is 0 Å². The third-order valence-corrected chi connectivity index (χ3v) is 2.56. The van der Waals surface area contributed by atoms with E-state index in [1.54, 1.807) is 31.2 Å². The van der Waals surface area contributed by atoms with Crippen molar-refractivity contribution in [2.45, 2.75) is 13.3 Å². The number of rotatable bonds is 5. The van der Waals surface area contributed by atoms with Crippen LogP contribution in [0.15, 0.2) is 40.8 Å². The second-order valence-electron chi connectivity index (χ2n) is 4.24. The Hall–Kier alpha value is -2.56. The molecule has 20 heavy (non-hydrogen) atoms. The van der Waals surface area contributed by atoms with Crippen LogP contribution in [-0.2, 0) is 16.0 Å². The molecule has 104 valence electrons. The third-order valence-electron chi connectivity index (χ3n) is 2.56. The van der Waals surface area contributed by atoms with Gasteiger partial charge in [-0.25, -0.2) is 4.79 Å². The SMILES string of the molecule is COC(=O)c1ccc(Oc2ccc(CC(C)=O)cc2)o1. The lowest BCUT2D eigenvalue weighted by atomic mass is 10.1. The van der Waals surface area contributed by atoms with Gasteiger partial charge < -0.3 is 13.9 Å². The van der Waals surface area contributed by atoms with Gasteiger partial charge in [-0.1, -0.05) is 12.1 Å². The number of esters is 1. The molecule has 0 unspecified atom stereocenters. The van der Waals surface area contributed by atoms with E-state index in [1.165, 1.54) is 19.2 Å². The van der Waals surface area contributed by atoms with E-state index < -0.39 is 5.97 Å². The minimum absolute atomic E-state index is 0.0794. The third kappa shape index (κ3) is 3.47. The van der Waals surface area contributed by atoms with Crippen LogP contribution in [0, 0.1) is 0 Å². The smallest absolute Gasteiger partial charge is 0.374 e. The zero-order chi connectivity index (χ0) is 14.5. The van der Waals surface area contributed by atoms with Crippen LogP contribution in [0.1, 0.15) is 23.0 Å². The van der Waals surface area contributed by atoms with Gasteiger partial charge in [0.05, 0.1) is 7.11 Å². The number of benzene rings is 1. The highest BCUT2D eigenvalue weighted by Crippen LogP contribution is 2.24. The molecule has 0 N–H and O–H groups in total. The topological polar surface area (TPSA) is 65.7 Å². The number of carbonyl (C=O) groups excluding carboxylic acids is 2. The molecule has 0 saturated heterocycles. The van der Waals surface area contributed by atoms with Crippen molar-refractivity contribution in [3.8, 4) is 11.7 Å². The molecule has 0 atom stereocenters. The normalized spacial score (nSPS) is 10.1. The number of Topliss-reactive ketones (excluding diaryl/α,β-unsaturated/α-hetero) is 1. The fraction of sp³-hybridized carbons (Fsp3) is 0.200. The Morgan fingerprint density at radius 1 is 1.10 bits per heavy atom. The zero-order valence-corrected chi connectivity index (χ0v) is 11.2. The van der Waals surface area contributed by atoms with Gasteiger partial charge in [0.25, 0.3) is 5.95 Å². The first-order valence-corrected chi connectivity index (χ1v) is 6.03. The molecule has 0 bridgehead atoms. The monoisotopic (exact) mass is 274 g/mol. The van der Waals surface area contributed by atoms with E-state index in [9.17, 15) is 9.59 Å². The minimum Gasteiger partial charge on any atom is -0.463 e. The molecule has 0 saturated carbocycles. The second kappa shape index (κ2) is 6.06. The molecule has 1 heterocycles. The van der Waals surface area contributed by atoms with Gasteiger partial charge in [0, 0.05) is 12.5 Å². The summed E-state index contributed by atoms with van der Waals surface area (Å²) in [4.78, 5) is 22.2. The van der Waals surface area contributed by atoms with Crippen LogP contribution >= 0.6 is 0 Å². The summed E-state index contributed by atoms with van der Waals surface area (Å²) in [7, 11) is 1.28. The summed E-state index contributed by atoms with van der Waals surface area (Å²) in [5.74, 6) is 0.382. The average Bonchev–Trinajstić information content (AvgIpc) is 2.88. The van der Waals surface area contributed by atoms with Crippen LogP contribution in [-0.4, -0.2) is 18.9 Å². The first-order valence-electron chi connectivity index (χ1n) is 6.03. The molecule has 2 rings (SSSR count). The summed E-state index contributed by atoms with van der Waals surface area (Å²) >= 11 is 0. The maximum atomic E-state index is 11.2. The lowest BCUT2D eigenvalue weighted by Gasteiger charge is -2.03. The van der Waals surface area contributed by atoms with Gasteiger partial charge >= 0.3 is 5.97 Å². The Kier molecular flexibility index (Phi) is 4.20. The Labute approximate surface area is 116 Å². The van der Waals surface area contributed by atoms with Crippen molar-refractivity contribution in [2.75, 3.05) is 7.11 Å². The molecule has 0 aliphatic carbocycles. The number of ether oxygens (including phenoxy) is 2. The summed E-state index contributed by atoms with van der Waals surface area (Å²) in [6, 6.07) is 10.1. The molecule has 5 heteroatoms. The van der Waals surface area contributed by atoms with E-state index in [4.69, 9.17) is 9.15 Å². The first kappa shape index (κ1) is 13.9. The van der Waals surface area contributed by atoms with E-state index in [2.05, 4.69) is 4.74 Å². The van der Waals surface area contributed by atoms with Gasteiger partial charge in [0.15, 0.2) is 0 Å². The van der Waals surface area contributed by atoms with Crippen LogP contribution in [0.2, 0.25) is 0 Å². The van der Waals surface area contributed by atoms with E-state index in [1.807, 2.05) is 0 Å². The predicted molar refractivity (Wildman–Crippen MR) is 70.9 cm³/mol. The second-order valence-corrected chi connectivity index (χ2v) is 4.24. The number of furan rings is 1. The Balaban J connectivity index is 2.04. The maximum Gasteiger partial charge on any atom is 0.374 e. The summed E-state index contributed by atoms with van der Waals surface area (Å²) in [6.07, 6.45) is 0.396. The Morgan fingerprint density at radius 3 is 2.40 bits per heavy atom. The molecule has 0 spiro atoms. The van der Waals surface area contributed by atoms with Gasteiger partial charge in [-0.15, -0.1) is 0 Å². The number of methoxy groups -OCH3 is 1. The molecule has 0 radical (unpaired) electrons. The fourth-order valence-corrected chi connectivity index (χ4v) is 1.66. The fourth-order valence-electron chi connectivity index (χ4n) is 1.66. The number of hydrogen-bond acceptors (Lipinski definition) is 5. The quantitative estimate of drug-likeness (QED) is 0.784. The van der Waals surface area contributed by atoms with Crippen molar-refractivity contribution in [2.24, 2.45) is 0 Å². The van der Waals surface area contributed by atoms with Crippen LogP contribution in [0.4, 0.5) is 0 Å². The standard InChI is InChI=1S/C15H14O5/c1-10(16)9-11-3-5-12(6-4-11)19-14-8-7-13(20-14)15(17)18-2/h3-8H,9H2,1-2H3. The molecule has 0 fully saturated rings. The van der Waals surface area contributed by atoms with Crippen molar-refractivity contribution in [1.82, 2.24) is 0 Å². The molecule has 0 amide bonds. The van der Waals surface area contributed by atoms with Gasteiger partial charge in [-0.3, -0.25) is 4.79 Å². The number of carbonyl (C=O) groups is 2. The Bertz CT molecular complexity index is 609. The molecule has 5 nitrogen and oxygen atoms in total. The minimum atomic E-state index is -0.559. The largest absolute Gasteiger partial charge is 0.463 e. The highest BCUT2D eigenvalue weighted by Gasteiger charge is 2.12. The molecule has 0 aliphatic heterocycles. The van der Waals surface area contributed by atoms with E-state index in [0.717, 1.165) is 5.56 Å². The van der Waals surface area contributed by atoms with E-state index in [-0.39, 0.29) is 17.5 Å². The summed E-state index contributed by atoms with van der Waals surface area (Å²) in [6.45, 7) is 1.54. The molecule has 1 aromatic carbocycles. The lowest BCUT2D eigenvalue weighted by Crippen LogP contribution is -1.98. The summed E-state index contributed by atoms with van der Waals surface area (Å²) in [5, 5.41) is 0. The van der Waals surface area contributed by atoms with Crippen LogP contribution in [0.3, 0.4) is 0 Å². The van der Waals surface area contributed by atoms with Crippen molar-refractivity contribution >= 4 is 11.8 Å². The average molecular weight is 274 g/mol. The molecule has 0 aliphatic rings. The summed E-state index contributed by atoms with van der Waals surface area (Å²) < 4.78 is 15.2. The van der Waals surface area contributed by atoms with Crippen molar-refractivity contribution in [3.05, 3.63) is 47.7 Å². The van der Waals surface area contributed by atoms with Gasteiger partial charge in [0.2, 0.25) is 5.76 Å². The lowest BCUT2D eigenvalue weighted by molar-refractivity contribution is -0.116. The number of ketones is 1. The van der Waals surface area contributed by atoms with Crippen molar-refractivity contribution in [3.63, 3.8) is 0 Å². The van der Waals surface area contributed by atoms with Crippen LogP contribution in [0.5, 0.6) is 11.7 Å². The van der Waals surface area contributed by atoms with E-state index in [0.29, 0.717) is 12.2 Å². The zero-order valence-electron chi connectivity index (χ0n) is 11.2. The molecular weight excluding hydrogens is 260 g/mol. The summed E-state index contributed by atoms with van der Waals surface area (Å²) in [5.41, 5.74) is 0.916. The maximum absolute atomic E-state index is 11.2. The van der Waals surface area contributed by atoms with Gasteiger partial charge in [-0.2, -0.15) is 0 Å². The molecular formula is C15H14O5. The van der Waals surface area contributed by atoms with Gasteiger partial charge in [0.1, 0.15) is 11.5 Å². The predicted octanol–water partition coefficient (Wildman–Crippen LogP) is 2.99.